The van der Waals surface area contributed by atoms with E-state index in [1.807, 2.05) is 19.0 Å². The highest BCUT2D eigenvalue weighted by molar-refractivity contribution is 7.86. The van der Waals surface area contributed by atoms with Gasteiger partial charge in [0.2, 0.25) is 0 Å². The van der Waals surface area contributed by atoms with E-state index >= 15 is 0 Å². The van der Waals surface area contributed by atoms with Gasteiger partial charge in [0.25, 0.3) is 10.2 Å². The van der Waals surface area contributed by atoms with E-state index in [1.165, 1.54) is 0 Å². The van der Waals surface area contributed by atoms with Crippen LogP contribution in [-0.2, 0) is 10.2 Å². The van der Waals surface area contributed by atoms with Crippen molar-refractivity contribution in [1.82, 2.24) is 18.8 Å². The minimum Gasteiger partial charge on any atom is -0.315 e. The second kappa shape index (κ2) is 8.29. The molecule has 0 aliphatic carbocycles. The average molecular weight is 306 g/mol. The largest absolute Gasteiger partial charge is 0.315 e. The van der Waals surface area contributed by atoms with Crippen LogP contribution in [0.1, 0.15) is 20.3 Å². The van der Waals surface area contributed by atoms with Crippen LogP contribution in [0.2, 0.25) is 0 Å². The molecule has 7 heteroatoms. The van der Waals surface area contributed by atoms with Gasteiger partial charge in [-0.25, -0.2) is 0 Å². The van der Waals surface area contributed by atoms with Gasteiger partial charge in [0, 0.05) is 39.3 Å². The van der Waals surface area contributed by atoms with Gasteiger partial charge in [-0.15, -0.1) is 0 Å². The first-order valence-electron chi connectivity index (χ1n) is 7.44. The fourth-order valence-corrected chi connectivity index (χ4v) is 4.04. The highest BCUT2D eigenvalue weighted by Gasteiger charge is 2.30. The molecule has 0 aromatic heterocycles. The minimum atomic E-state index is -3.34. The van der Waals surface area contributed by atoms with Gasteiger partial charge in [-0.2, -0.15) is 17.0 Å². The van der Waals surface area contributed by atoms with Gasteiger partial charge in [0.05, 0.1) is 0 Å². The Bertz CT molecular complexity index is 363. The second-order valence-corrected chi connectivity index (χ2v) is 7.99. The molecule has 1 rings (SSSR count). The number of likely N-dealkylation sites (N-methyl/N-ethyl adjacent to an activating group) is 1. The van der Waals surface area contributed by atoms with Crippen LogP contribution in [0.25, 0.3) is 0 Å². The molecule has 1 fully saturated rings. The van der Waals surface area contributed by atoms with Crippen molar-refractivity contribution in [3.05, 3.63) is 0 Å². The zero-order valence-corrected chi connectivity index (χ0v) is 14.1. The Hall–Kier alpha value is -0.210. The Kier molecular flexibility index (Phi) is 7.39. The van der Waals surface area contributed by atoms with Gasteiger partial charge < -0.3 is 10.2 Å². The maximum absolute atomic E-state index is 12.8. The molecule has 0 unspecified atom stereocenters. The lowest BCUT2D eigenvalue weighted by Gasteiger charge is -2.30. The van der Waals surface area contributed by atoms with Crippen molar-refractivity contribution in [2.75, 3.05) is 59.9 Å². The maximum Gasteiger partial charge on any atom is 0.282 e. The molecule has 6 nitrogen and oxygen atoms in total. The molecule has 0 bridgehead atoms. The molecule has 1 N–H and O–H groups in total. The summed E-state index contributed by atoms with van der Waals surface area (Å²) in [5.41, 5.74) is 0. The summed E-state index contributed by atoms with van der Waals surface area (Å²) in [5, 5.41) is 3.25. The van der Waals surface area contributed by atoms with Gasteiger partial charge in [-0.3, -0.25) is 0 Å². The first kappa shape index (κ1) is 17.8. The second-order valence-electron chi connectivity index (χ2n) is 6.07. The molecule has 20 heavy (non-hydrogen) atoms. The number of nitrogens with one attached hydrogen (secondary N) is 1. The van der Waals surface area contributed by atoms with Crippen LogP contribution in [0.3, 0.4) is 0 Å². The third-order valence-electron chi connectivity index (χ3n) is 3.32. The van der Waals surface area contributed by atoms with Gasteiger partial charge in [-0.1, -0.05) is 13.8 Å². The van der Waals surface area contributed by atoms with Crippen LogP contribution < -0.4 is 5.32 Å². The third-order valence-corrected chi connectivity index (χ3v) is 5.32. The van der Waals surface area contributed by atoms with Crippen LogP contribution in [0.4, 0.5) is 0 Å². The molecule has 0 radical (unpaired) electrons. The SMILES string of the molecule is CC(C)CN(CCN(C)C)S(=O)(=O)N1CCCNCC1. The predicted molar refractivity (Wildman–Crippen MR) is 82.9 cm³/mol. The minimum absolute atomic E-state index is 0.331. The molecule has 0 aromatic rings. The Balaban J connectivity index is 2.78. The zero-order chi connectivity index (χ0) is 15.2. The number of nitrogens with zero attached hydrogens (tertiary/aromatic N) is 3. The lowest BCUT2D eigenvalue weighted by molar-refractivity contribution is 0.288. The molecule has 120 valence electrons. The van der Waals surface area contributed by atoms with Crippen LogP contribution in [0.15, 0.2) is 0 Å². The van der Waals surface area contributed by atoms with Crippen molar-refractivity contribution >= 4 is 10.2 Å². The van der Waals surface area contributed by atoms with Crippen molar-refractivity contribution in [1.29, 1.82) is 0 Å². The summed E-state index contributed by atoms with van der Waals surface area (Å²) in [6.45, 7) is 8.82. The zero-order valence-electron chi connectivity index (χ0n) is 13.3. The van der Waals surface area contributed by atoms with Crippen molar-refractivity contribution < 1.29 is 8.42 Å². The smallest absolute Gasteiger partial charge is 0.282 e. The molecule has 1 aliphatic heterocycles. The summed E-state index contributed by atoms with van der Waals surface area (Å²) in [7, 11) is 0.598. The number of rotatable bonds is 7. The molecule has 1 heterocycles. The summed E-state index contributed by atoms with van der Waals surface area (Å²) < 4.78 is 28.9. The Labute approximate surface area is 124 Å². The van der Waals surface area contributed by atoms with E-state index in [0.29, 0.717) is 32.1 Å². The van der Waals surface area contributed by atoms with E-state index in [9.17, 15) is 8.42 Å². The molecule has 0 saturated carbocycles. The van der Waals surface area contributed by atoms with Crippen molar-refractivity contribution in [2.24, 2.45) is 5.92 Å². The standard InChI is InChI=1S/C13H30N4O2S/c1-13(2)12-17(11-10-15(3)4)20(18,19)16-8-5-6-14-7-9-16/h13-14H,5-12H2,1-4H3. The highest BCUT2D eigenvalue weighted by Crippen LogP contribution is 2.12. The fourth-order valence-electron chi connectivity index (χ4n) is 2.23. The highest BCUT2D eigenvalue weighted by atomic mass is 32.2. The predicted octanol–water partition coefficient (Wildman–Crippen LogP) is 0.0461. The first-order valence-corrected chi connectivity index (χ1v) is 8.84. The van der Waals surface area contributed by atoms with Crippen molar-refractivity contribution in [3.63, 3.8) is 0 Å². The molecule has 0 amide bonds. The monoisotopic (exact) mass is 306 g/mol. The Morgan fingerprint density at radius 3 is 2.45 bits per heavy atom. The van der Waals surface area contributed by atoms with Gasteiger partial charge in [0.15, 0.2) is 0 Å². The number of hydrogen-bond donors (Lipinski definition) is 1. The quantitative estimate of drug-likeness (QED) is 0.722. The van der Waals surface area contributed by atoms with E-state index in [1.54, 1.807) is 8.61 Å². The van der Waals surface area contributed by atoms with Gasteiger partial charge in [0.1, 0.15) is 0 Å². The van der Waals surface area contributed by atoms with E-state index in [4.69, 9.17) is 0 Å². The molecule has 1 aliphatic rings. The lowest BCUT2D eigenvalue weighted by atomic mass is 10.2. The molecule has 1 saturated heterocycles. The summed E-state index contributed by atoms with van der Waals surface area (Å²) in [4.78, 5) is 2.02. The normalized spacial score (nSPS) is 18.9. The summed E-state index contributed by atoms with van der Waals surface area (Å²) in [6.07, 6.45) is 0.877. The molecule has 0 aromatic carbocycles. The summed E-state index contributed by atoms with van der Waals surface area (Å²) >= 11 is 0. The van der Waals surface area contributed by atoms with Gasteiger partial charge in [-0.05, 0) is 33.0 Å². The molecular formula is C13H30N4O2S. The maximum atomic E-state index is 12.8. The van der Waals surface area contributed by atoms with Crippen LogP contribution in [-0.4, -0.2) is 81.8 Å². The topological polar surface area (TPSA) is 55.9 Å². The average Bonchev–Trinajstić information content (AvgIpc) is 2.62. The lowest BCUT2D eigenvalue weighted by Crippen LogP contribution is -2.48. The van der Waals surface area contributed by atoms with Crippen LogP contribution >= 0.6 is 0 Å². The van der Waals surface area contributed by atoms with Gasteiger partial charge >= 0.3 is 0 Å². The van der Waals surface area contributed by atoms with Crippen molar-refractivity contribution in [3.8, 4) is 0 Å². The van der Waals surface area contributed by atoms with E-state index in [2.05, 4.69) is 19.2 Å². The molecular weight excluding hydrogens is 276 g/mol. The Morgan fingerprint density at radius 2 is 1.85 bits per heavy atom. The third kappa shape index (κ3) is 5.65. The van der Waals surface area contributed by atoms with Crippen molar-refractivity contribution in [2.45, 2.75) is 20.3 Å². The first-order chi connectivity index (χ1) is 9.34. The fraction of sp³-hybridized carbons (Fsp3) is 1.00. The Morgan fingerprint density at radius 1 is 1.15 bits per heavy atom. The van der Waals surface area contributed by atoms with E-state index in [0.717, 1.165) is 26.1 Å². The molecule has 0 spiro atoms. The van der Waals surface area contributed by atoms with Crippen LogP contribution in [0, 0.1) is 5.92 Å². The van der Waals surface area contributed by atoms with Crippen LogP contribution in [0.5, 0.6) is 0 Å². The summed E-state index contributed by atoms with van der Waals surface area (Å²) in [5.74, 6) is 0.331. The molecule has 0 atom stereocenters. The van der Waals surface area contributed by atoms with E-state index < -0.39 is 10.2 Å². The summed E-state index contributed by atoms with van der Waals surface area (Å²) in [6, 6.07) is 0. The van der Waals surface area contributed by atoms with E-state index in [-0.39, 0.29) is 0 Å². The number of hydrogen-bond acceptors (Lipinski definition) is 4.